The van der Waals surface area contributed by atoms with Crippen molar-refractivity contribution in [3.8, 4) is 0 Å². The summed E-state index contributed by atoms with van der Waals surface area (Å²) in [6.45, 7) is 10.7. The van der Waals surface area contributed by atoms with Crippen molar-refractivity contribution >= 4 is 5.91 Å². The number of nitrogens with one attached hydrogen (secondary N) is 1. The predicted molar refractivity (Wildman–Crippen MR) is 51.8 cm³/mol. The molecule has 0 fully saturated rings. The molecular weight excluding hydrogens is 150 g/mol. The second kappa shape index (κ2) is 6.40. The second-order valence-corrected chi connectivity index (χ2v) is 2.43. The van der Waals surface area contributed by atoms with Crippen LogP contribution in [0, 0.1) is 0 Å². The molecule has 0 radical (unpaired) electrons. The van der Waals surface area contributed by atoms with Gasteiger partial charge in [-0.15, -0.1) is 19.7 Å². The minimum Gasteiger partial charge on any atom is -0.349 e. The van der Waals surface area contributed by atoms with Crippen molar-refractivity contribution in [3.63, 3.8) is 0 Å². The molecule has 0 aromatic carbocycles. The number of carbonyl (C=O) groups is 1. The quantitative estimate of drug-likeness (QED) is 0.597. The van der Waals surface area contributed by atoms with Crippen molar-refractivity contribution < 1.29 is 4.79 Å². The minimum atomic E-state index is -0.0308. The van der Waals surface area contributed by atoms with E-state index in [4.69, 9.17) is 0 Å². The number of hydrogen-bond donors (Lipinski definition) is 1. The van der Waals surface area contributed by atoms with E-state index < -0.39 is 0 Å². The van der Waals surface area contributed by atoms with Crippen molar-refractivity contribution in [2.45, 2.75) is 18.9 Å². The molecule has 2 heteroatoms. The van der Waals surface area contributed by atoms with Gasteiger partial charge in [0.2, 0.25) is 5.91 Å². The van der Waals surface area contributed by atoms with Crippen molar-refractivity contribution in [2.24, 2.45) is 0 Å². The molecule has 1 unspecified atom stereocenters. The molecule has 0 aliphatic carbocycles. The van der Waals surface area contributed by atoms with Crippen LogP contribution < -0.4 is 5.32 Å². The maximum absolute atomic E-state index is 11.0. The summed E-state index contributed by atoms with van der Waals surface area (Å²) in [4.78, 5) is 11.0. The molecule has 1 N–H and O–H groups in total. The van der Waals surface area contributed by atoms with Gasteiger partial charge in [0.15, 0.2) is 0 Å². The Bertz CT molecular complexity index is 184. The first kappa shape index (κ1) is 10.7. The molecule has 2 nitrogen and oxygen atoms in total. The SMILES string of the molecule is C=CCC(=O)NC(C=C)CC=C. The van der Waals surface area contributed by atoms with Gasteiger partial charge in [0.05, 0.1) is 6.04 Å². The molecule has 66 valence electrons. The van der Waals surface area contributed by atoms with E-state index >= 15 is 0 Å². The smallest absolute Gasteiger partial charge is 0.224 e. The first-order valence-corrected chi connectivity index (χ1v) is 3.88. The fourth-order valence-corrected chi connectivity index (χ4v) is 0.790. The molecule has 0 heterocycles. The molecule has 0 saturated heterocycles. The first-order chi connectivity index (χ1) is 5.74. The van der Waals surface area contributed by atoms with Crippen LogP contribution in [0.2, 0.25) is 0 Å². The molecular formula is C10H15NO. The average molecular weight is 165 g/mol. The van der Waals surface area contributed by atoms with Gasteiger partial charge in [0.25, 0.3) is 0 Å². The molecule has 0 aromatic heterocycles. The van der Waals surface area contributed by atoms with Crippen molar-refractivity contribution in [1.29, 1.82) is 0 Å². The van der Waals surface area contributed by atoms with E-state index in [-0.39, 0.29) is 11.9 Å². The molecule has 1 atom stereocenters. The van der Waals surface area contributed by atoms with Crippen molar-refractivity contribution in [3.05, 3.63) is 38.0 Å². The Morgan fingerprint density at radius 2 is 2.00 bits per heavy atom. The normalized spacial score (nSPS) is 11.3. The van der Waals surface area contributed by atoms with Crippen LogP contribution in [0.25, 0.3) is 0 Å². The molecule has 0 aliphatic rings. The predicted octanol–water partition coefficient (Wildman–Crippen LogP) is 1.81. The number of carbonyl (C=O) groups excluding carboxylic acids is 1. The van der Waals surface area contributed by atoms with E-state index in [0.29, 0.717) is 12.8 Å². The topological polar surface area (TPSA) is 29.1 Å². The Labute approximate surface area is 73.7 Å². The maximum Gasteiger partial charge on any atom is 0.224 e. The minimum absolute atomic E-state index is 0.00468. The van der Waals surface area contributed by atoms with Gasteiger partial charge in [-0.3, -0.25) is 4.79 Å². The zero-order chi connectivity index (χ0) is 9.40. The van der Waals surface area contributed by atoms with Crippen LogP contribution in [0.3, 0.4) is 0 Å². The van der Waals surface area contributed by atoms with Gasteiger partial charge in [-0.1, -0.05) is 18.2 Å². The molecule has 0 aliphatic heterocycles. The summed E-state index contributed by atoms with van der Waals surface area (Å²) in [7, 11) is 0. The third-order valence-corrected chi connectivity index (χ3v) is 1.38. The Morgan fingerprint density at radius 3 is 2.42 bits per heavy atom. The van der Waals surface area contributed by atoms with E-state index in [1.54, 1.807) is 18.2 Å². The molecule has 1 amide bonds. The largest absolute Gasteiger partial charge is 0.349 e. The first-order valence-electron chi connectivity index (χ1n) is 3.88. The van der Waals surface area contributed by atoms with Gasteiger partial charge in [0, 0.05) is 6.42 Å². The molecule has 0 bridgehead atoms. The number of hydrogen-bond acceptors (Lipinski definition) is 1. The molecule has 0 saturated carbocycles. The average Bonchev–Trinajstić information content (AvgIpc) is 2.04. The Hall–Kier alpha value is -1.31. The molecule has 0 spiro atoms. The third-order valence-electron chi connectivity index (χ3n) is 1.38. The monoisotopic (exact) mass is 165 g/mol. The Morgan fingerprint density at radius 1 is 1.33 bits per heavy atom. The summed E-state index contributed by atoms with van der Waals surface area (Å²) in [5, 5.41) is 2.77. The fraction of sp³-hybridized carbons (Fsp3) is 0.300. The maximum atomic E-state index is 11.0. The van der Waals surface area contributed by atoms with Crippen LogP contribution in [0.5, 0.6) is 0 Å². The Kier molecular flexibility index (Phi) is 5.70. The van der Waals surface area contributed by atoms with Gasteiger partial charge in [-0.25, -0.2) is 0 Å². The molecule has 12 heavy (non-hydrogen) atoms. The van der Waals surface area contributed by atoms with Crippen LogP contribution in [-0.4, -0.2) is 11.9 Å². The van der Waals surface area contributed by atoms with E-state index in [1.165, 1.54) is 0 Å². The third kappa shape index (κ3) is 4.50. The summed E-state index contributed by atoms with van der Waals surface area (Å²) < 4.78 is 0. The van der Waals surface area contributed by atoms with Gasteiger partial charge >= 0.3 is 0 Å². The highest BCUT2D eigenvalue weighted by Crippen LogP contribution is 1.94. The van der Waals surface area contributed by atoms with Crippen LogP contribution in [0.4, 0.5) is 0 Å². The number of rotatable bonds is 6. The van der Waals surface area contributed by atoms with E-state index in [0.717, 1.165) is 0 Å². The lowest BCUT2D eigenvalue weighted by molar-refractivity contribution is -0.120. The van der Waals surface area contributed by atoms with Gasteiger partial charge < -0.3 is 5.32 Å². The lowest BCUT2D eigenvalue weighted by Crippen LogP contribution is -2.32. The summed E-state index contributed by atoms with van der Waals surface area (Å²) in [5.74, 6) is -0.0308. The van der Waals surface area contributed by atoms with Crippen LogP contribution in [0.1, 0.15) is 12.8 Å². The highest BCUT2D eigenvalue weighted by atomic mass is 16.1. The standard InChI is InChI=1S/C10H15NO/c1-4-7-9(6-3)11-10(12)8-5-2/h4-6,9H,1-3,7-8H2,(H,11,12). The summed E-state index contributed by atoms with van der Waals surface area (Å²) in [6.07, 6.45) is 6.08. The summed E-state index contributed by atoms with van der Waals surface area (Å²) >= 11 is 0. The number of amides is 1. The van der Waals surface area contributed by atoms with Crippen molar-refractivity contribution in [1.82, 2.24) is 5.32 Å². The van der Waals surface area contributed by atoms with Crippen molar-refractivity contribution in [2.75, 3.05) is 0 Å². The van der Waals surface area contributed by atoms with Crippen LogP contribution in [-0.2, 0) is 4.79 Å². The van der Waals surface area contributed by atoms with Crippen LogP contribution >= 0.6 is 0 Å². The zero-order valence-corrected chi connectivity index (χ0v) is 7.25. The molecule has 0 aromatic rings. The molecule has 0 rings (SSSR count). The van der Waals surface area contributed by atoms with Gasteiger partial charge in [-0.05, 0) is 6.42 Å². The fourth-order valence-electron chi connectivity index (χ4n) is 0.790. The highest BCUT2D eigenvalue weighted by molar-refractivity contribution is 5.77. The summed E-state index contributed by atoms with van der Waals surface area (Å²) in [5.41, 5.74) is 0. The van der Waals surface area contributed by atoms with E-state index in [9.17, 15) is 4.79 Å². The highest BCUT2D eigenvalue weighted by Gasteiger charge is 2.04. The Balaban J connectivity index is 3.83. The summed E-state index contributed by atoms with van der Waals surface area (Å²) in [6, 6.07) is -0.00468. The lowest BCUT2D eigenvalue weighted by Gasteiger charge is -2.11. The lowest BCUT2D eigenvalue weighted by atomic mass is 10.2. The van der Waals surface area contributed by atoms with E-state index in [1.807, 2.05) is 0 Å². The zero-order valence-electron chi connectivity index (χ0n) is 7.25. The van der Waals surface area contributed by atoms with Crippen LogP contribution in [0.15, 0.2) is 38.0 Å². The van der Waals surface area contributed by atoms with Gasteiger partial charge in [0.1, 0.15) is 0 Å². The second-order valence-electron chi connectivity index (χ2n) is 2.43. The van der Waals surface area contributed by atoms with E-state index in [2.05, 4.69) is 25.1 Å². The van der Waals surface area contributed by atoms with Gasteiger partial charge in [-0.2, -0.15) is 0 Å².